The quantitative estimate of drug-likeness (QED) is 0.319. The zero-order valence-electron chi connectivity index (χ0n) is 18.2. The molecule has 34 heavy (non-hydrogen) atoms. The molecule has 0 atom stereocenters. The van der Waals surface area contributed by atoms with Crippen LogP contribution in [-0.2, 0) is 11.3 Å². The van der Waals surface area contributed by atoms with Gasteiger partial charge in [-0.05, 0) is 57.9 Å². The zero-order valence-corrected chi connectivity index (χ0v) is 20.6. The molecule has 0 saturated carbocycles. The molecular weight excluding hydrogens is 524 g/mol. The number of halogens is 1. The monoisotopic (exact) mass is 544 g/mol. The van der Waals surface area contributed by atoms with Crippen molar-refractivity contribution in [2.45, 2.75) is 6.54 Å². The molecule has 0 radical (unpaired) electrons. The molecule has 0 aliphatic rings. The number of aromatic hydroxyl groups is 1. The van der Waals surface area contributed by atoms with Crippen LogP contribution in [0, 0.1) is 0 Å². The Morgan fingerprint density at radius 1 is 1.15 bits per heavy atom. The van der Waals surface area contributed by atoms with E-state index in [2.05, 4.69) is 31.5 Å². The minimum Gasteiger partial charge on any atom is -0.508 e. The van der Waals surface area contributed by atoms with E-state index in [0.717, 1.165) is 5.56 Å². The maximum absolute atomic E-state index is 12.7. The van der Waals surface area contributed by atoms with Gasteiger partial charge < -0.3 is 25.7 Å². The summed E-state index contributed by atoms with van der Waals surface area (Å²) < 4.78 is 0.326. The summed E-state index contributed by atoms with van der Waals surface area (Å²) in [5, 5.41) is 24.9. The highest BCUT2D eigenvalue weighted by atomic mass is 79.9. The average molecular weight is 545 g/mol. The summed E-state index contributed by atoms with van der Waals surface area (Å²) in [6, 6.07) is 10.9. The van der Waals surface area contributed by atoms with Crippen molar-refractivity contribution in [2.24, 2.45) is 0 Å². The molecule has 11 heteroatoms. The highest BCUT2D eigenvalue weighted by molar-refractivity contribution is 9.10. The van der Waals surface area contributed by atoms with Gasteiger partial charge in [-0.1, -0.05) is 23.5 Å². The molecule has 1 heterocycles. The number of aromatic nitrogens is 1. The maximum atomic E-state index is 12.7. The maximum Gasteiger partial charge on any atom is 0.352 e. The second kappa shape index (κ2) is 10.9. The molecule has 9 nitrogen and oxygen atoms in total. The van der Waals surface area contributed by atoms with Crippen LogP contribution >= 0.6 is 27.3 Å². The van der Waals surface area contributed by atoms with E-state index < -0.39 is 11.9 Å². The Balaban J connectivity index is 1.71. The highest BCUT2D eigenvalue weighted by Gasteiger charge is 2.18. The molecule has 0 unspecified atom stereocenters. The molecule has 2 amide bonds. The lowest BCUT2D eigenvalue weighted by Gasteiger charge is -2.10. The van der Waals surface area contributed by atoms with Crippen molar-refractivity contribution in [1.29, 1.82) is 0 Å². The fourth-order valence-electron chi connectivity index (χ4n) is 2.82. The van der Waals surface area contributed by atoms with Crippen molar-refractivity contribution in [1.82, 2.24) is 15.6 Å². The number of nitrogens with one attached hydrogen (secondary N) is 2. The summed E-state index contributed by atoms with van der Waals surface area (Å²) in [6.45, 7) is 0.215. The summed E-state index contributed by atoms with van der Waals surface area (Å²) in [5.41, 5.74) is 0.891. The van der Waals surface area contributed by atoms with Gasteiger partial charge in [-0.25, -0.2) is 9.78 Å². The summed E-state index contributed by atoms with van der Waals surface area (Å²) in [7, 11) is 3.64. The number of rotatable bonds is 8. The number of benzene rings is 2. The number of carbonyl (C=O) groups excluding carboxylic acids is 2. The third kappa shape index (κ3) is 6.42. The predicted molar refractivity (Wildman–Crippen MR) is 133 cm³/mol. The number of carboxylic acid groups (broad SMARTS) is 1. The van der Waals surface area contributed by atoms with Crippen molar-refractivity contribution < 1.29 is 24.6 Å². The van der Waals surface area contributed by atoms with Gasteiger partial charge in [0.2, 0.25) is 0 Å². The van der Waals surface area contributed by atoms with Crippen LogP contribution in [0.4, 0.5) is 5.13 Å². The number of carboxylic acids is 1. The van der Waals surface area contributed by atoms with Crippen LogP contribution in [0.5, 0.6) is 5.75 Å². The first-order valence-corrected chi connectivity index (χ1v) is 11.5. The van der Waals surface area contributed by atoms with Crippen molar-refractivity contribution >= 4 is 56.3 Å². The molecule has 3 aromatic rings. The van der Waals surface area contributed by atoms with Gasteiger partial charge >= 0.3 is 5.97 Å². The van der Waals surface area contributed by atoms with Gasteiger partial charge in [0.15, 0.2) is 5.13 Å². The molecule has 0 aliphatic carbocycles. The van der Waals surface area contributed by atoms with E-state index in [9.17, 15) is 24.6 Å². The number of thiazole rings is 1. The molecule has 1 aromatic heterocycles. The average Bonchev–Trinajstić information content (AvgIpc) is 3.26. The Morgan fingerprint density at radius 2 is 1.91 bits per heavy atom. The van der Waals surface area contributed by atoms with Crippen LogP contribution < -0.4 is 15.5 Å². The minimum atomic E-state index is -1.30. The van der Waals surface area contributed by atoms with E-state index in [4.69, 9.17) is 0 Å². The van der Waals surface area contributed by atoms with Crippen LogP contribution in [0.2, 0.25) is 0 Å². The largest absolute Gasteiger partial charge is 0.508 e. The lowest BCUT2D eigenvalue weighted by atomic mass is 10.1. The summed E-state index contributed by atoms with van der Waals surface area (Å²) in [6.07, 6.45) is 2.86. The number of aliphatic carboxylic acids is 1. The van der Waals surface area contributed by atoms with Gasteiger partial charge in [0.25, 0.3) is 11.8 Å². The number of phenolic OH excluding ortho intramolecular Hbond substituents is 1. The molecule has 0 saturated heterocycles. The fourth-order valence-corrected chi connectivity index (χ4v) is 4.16. The van der Waals surface area contributed by atoms with Gasteiger partial charge in [0.1, 0.15) is 11.4 Å². The molecule has 0 aliphatic heterocycles. The third-order valence-corrected chi connectivity index (χ3v) is 6.27. The number of carbonyl (C=O) groups is 3. The van der Waals surface area contributed by atoms with E-state index in [0.29, 0.717) is 20.0 Å². The van der Waals surface area contributed by atoms with Crippen molar-refractivity contribution in [3.63, 3.8) is 0 Å². The molecule has 176 valence electrons. The molecule has 3 rings (SSSR count). The van der Waals surface area contributed by atoms with Crippen LogP contribution in [0.3, 0.4) is 0 Å². The Kier molecular flexibility index (Phi) is 8.03. The van der Waals surface area contributed by atoms with Crippen LogP contribution in [0.1, 0.15) is 31.2 Å². The Bertz CT molecular complexity index is 1270. The van der Waals surface area contributed by atoms with E-state index in [-0.39, 0.29) is 29.5 Å². The first-order valence-electron chi connectivity index (χ1n) is 9.89. The normalized spacial score (nSPS) is 11.1. The van der Waals surface area contributed by atoms with Crippen molar-refractivity contribution in [3.05, 3.63) is 80.4 Å². The van der Waals surface area contributed by atoms with Gasteiger partial charge in [0.05, 0.1) is 10.4 Å². The highest BCUT2D eigenvalue weighted by Crippen LogP contribution is 2.23. The minimum absolute atomic E-state index is 0.105. The van der Waals surface area contributed by atoms with Crippen LogP contribution in [-0.4, -0.2) is 47.1 Å². The smallest absolute Gasteiger partial charge is 0.352 e. The number of hydrogen-bond acceptors (Lipinski definition) is 7. The number of anilines is 1. The lowest BCUT2D eigenvalue weighted by molar-refractivity contribution is -0.132. The van der Waals surface area contributed by atoms with E-state index in [1.54, 1.807) is 23.1 Å². The number of hydrogen-bond donors (Lipinski definition) is 4. The molecule has 0 bridgehead atoms. The lowest BCUT2D eigenvalue weighted by Crippen LogP contribution is -2.28. The second-order valence-electron chi connectivity index (χ2n) is 7.30. The van der Waals surface area contributed by atoms with Crippen molar-refractivity contribution in [2.75, 3.05) is 19.0 Å². The Hall–Kier alpha value is -3.70. The molecule has 0 fully saturated rings. The van der Waals surface area contributed by atoms with Gasteiger partial charge in [-0.15, -0.1) is 0 Å². The molecular formula is C23H21BrN4O5S. The predicted octanol–water partition coefficient (Wildman–Crippen LogP) is 3.46. The molecule has 2 aromatic carbocycles. The van der Waals surface area contributed by atoms with E-state index in [1.807, 2.05) is 14.1 Å². The van der Waals surface area contributed by atoms with Gasteiger partial charge in [-0.2, -0.15) is 0 Å². The van der Waals surface area contributed by atoms with E-state index in [1.165, 1.54) is 47.9 Å². The first kappa shape index (κ1) is 24.9. The second-order valence-corrected chi connectivity index (χ2v) is 9.20. The zero-order chi connectivity index (χ0) is 24.8. The number of amides is 2. The van der Waals surface area contributed by atoms with Crippen LogP contribution in [0.25, 0.3) is 6.08 Å². The van der Waals surface area contributed by atoms with Crippen molar-refractivity contribution in [3.8, 4) is 5.75 Å². The summed E-state index contributed by atoms with van der Waals surface area (Å²) >= 11 is 4.56. The molecule has 4 N–H and O–H groups in total. The Morgan fingerprint density at radius 3 is 2.53 bits per heavy atom. The third-order valence-electron chi connectivity index (χ3n) is 4.50. The number of phenols is 1. The topological polar surface area (TPSA) is 132 Å². The summed E-state index contributed by atoms with van der Waals surface area (Å²) in [4.78, 5) is 43.4. The standard InChI is InChI=1S/C23H21BrN4O5S/c1-28(2)23-26-12-16(34-23)10-19(22(32)33)27-21(31)17-7-6-14(9-18(17)24)20(30)25-11-13-4-3-5-15(29)8-13/h3-10,12,29H,11H2,1-2H3,(H,25,30)(H,27,31)(H,32,33). The SMILES string of the molecule is CN(C)c1ncc(C=C(NC(=O)c2ccc(C(=O)NCc3cccc(O)c3)cc2Br)C(=O)O)s1. The summed E-state index contributed by atoms with van der Waals surface area (Å²) in [5.74, 6) is -2.21. The first-order chi connectivity index (χ1) is 16.1. The fraction of sp³-hybridized carbons (Fsp3) is 0.130. The van der Waals surface area contributed by atoms with Gasteiger partial charge in [-0.3, -0.25) is 9.59 Å². The number of nitrogens with zero attached hydrogens (tertiary/aromatic N) is 2. The van der Waals surface area contributed by atoms with E-state index >= 15 is 0 Å². The van der Waals surface area contributed by atoms with Gasteiger partial charge in [0, 0.05) is 36.9 Å². The Labute approximate surface area is 207 Å². The molecule has 0 spiro atoms. The van der Waals surface area contributed by atoms with Crippen LogP contribution in [0.15, 0.2) is 58.8 Å².